The molecule has 1 atom stereocenters. The summed E-state index contributed by atoms with van der Waals surface area (Å²) < 4.78 is 25.5. The number of aliphatic hydroxyl groups is 1. The van der Waals surface area contributed by atoms with Crippen LogP contribution < -0.4 is 0 Å². The van der Waals surface area contributed by atoms with E-state index in [9.17, 15) is 18.3 Å². The van der Waals surface area contributed by atoms with Crippen LogP contribution in [0.1, 0.15) is 39.2 Å². The number of aliphatic hydroxyl groups excluding tert-OH is 1. The predicted octanol–water partition coefficient (Wildman–Crippen LogP) is 4.29. The lowest BCUT2D eigenvalue weighted by molar-refractivity contribution is -0.123. The molecule has 0 unspecified atom stereocenters. The highest BCUT2D eigenvalue weighted by Gasteiger charge is 2.22. The number of rotatable bonds is 8. The number of Topliss-reactive ketones (excluding diaryl/α,β-unsaturated/α-hetero) is 1. The minimum Gasteiger partial charge on any atom is -0.389 e. The summed E-state index contributed by atoms with van der Waals surface area (Å²) in [6.07, 6.45) is 1.78. The molecule has 2 rings (SSSR count). The van der Waals surface area contributed by atoms with Gasteiger partial charge in [-0.3, -0.25) is 4.79 Å². The molecule has 1 N–H and O–H groups in total. The van der Waals surface area contributed by atoms with Crippen molar-refractivity contribution in [3.8, 4) is 0 Å². The first-order valence-electron chi connectivity index (χ1n) is 9.06. The summed E-state index contributed by atoms with van der Waals surface area (Å²) >= 11 is 0. The average molecular weight is 387 g/mol. The highest BCUT2D eigenvalue weighted by molar-refractivity contribution is 7.91. The Morgan fingerprint density at radius 2 is 1.56 bits per heavy atom. The predicted molar refractivity (Wildman–Crippen MR) is 107 cm³/mol. The quantitative estimate of drug-likeness (QED) is 0.735. The Hall–Kier alpha value is -2.24. The highest BCUT2D eigenvalue weighted by atomic mass is 32.2. The number of carbonyl (C=O) groups excluding carboxylic acids is 1. The van der Waals surface area contributed by atoms with Crippen LogP contribution in [0.25, 0.3) is 5.57 Å². The Bertz CT molecular complexity index is 911. The molecule has 0 saturated heterocycles. The van der Waals surface area contributed by atoms with E-state index in [0.717, 1.165) is 29.6 Å². The lowest BCUT2D eigenvalue weighted by Gasteiger charge is -2.19. The smallest absolute Gasteiger partial charge is 0.206 e. The molecule has 0 heterocycles. The lowest BCUT2D eigenvalue weighted by atomic mass is 9.86. The lowest BCUT2D eigenvalue weighted by Crippen LogP contribution is -2.17. The van der Waals surface area contributed by atoms with Crippen LogP contribution >= 0.6 is 0 Å². The van der Waals surface area contributed by atoms with Gasteiger partial charge in [-0.1, -0.05) is 56.2 Å². The van der Waals surface area contributed by atoms with Gasteiger partial charge in [0.15, 0.2) is 5.78 Å². The molecule has 0 radical (unpaired) electrons. The van der Waals surface area contributed by atoms with Gasteiger partial charge in [0.2, 0.25) is 9.84 Å². The number of allylic oxidation sites excluding steroid dienone is 2. The van der Waals surface area contributed by atoms with E-state index in [1.807, 2.05) is 6.92 Å². The second kappa shape index (κ2) is 9.11. The molecule has 0 fully saturated rings. The van der Waals surface area contributed by atoms with Crippen LogP contribution in [0.4, 0.5) is 0 Å². The zero-order chi connectivity index (χ0) is 20.0. The van der Waals surface area contributed by atoms with Gasteiger partial charge in [0.25, 0.3) is 0 Å². The Balaban J connectivity index is 2.47. The Labute approximate surface area is 161 Å². The standard InChI is InChI=1S/C22H26O4S/c1-4-8-16(2)22(17(3)21(24)15-23)18-11-13-20(14-12-18)27(25,26)19-9-6-5-7-10-19/h5-7,9-14,17,23H,4,8,15H2,1-3H3/b22-16-/t17-/m1/s1. The van der Waals surface area contributed by atoms with Gasteiger partial charge in [-0.2, -0.15) is 0 Å². The van der Waals surface area contributed by atoms with Gasteiger partial charge in [-0.15, -0.1) is 0 Å². The molecule has 0 aromatic heterocycles. The van der Waals surface area contributed by atoms with Gasteiger partial charge in [0.05, 0.1) is 9.79 Å². The van der Waals surface area contributed by atoms with Crippen LogP contribution in [0, 0.1) is 5.92 Å². The summed E-state index contributed by atoms with van der Waals surface area (Å²) in [6.45, 7) is 5.32. The largest absolute Gasteiger partial charge is 0.389 e. The molecule has 27 heavy (non-hydrogen) atoms. The second-order valence-electron chi connectivity index (χ2n) is 6.63. The topological polar surface area (TPSA) is 71.4 Å². The molecule has 4 nitrogen and oxygen atoms in total. The maximum absolute atomic E-state index is 12.7. The fraction of sp³-hybridized carbons (Fsp3) is 0.318. The van der Waals surface area contributed by atoms with Gasteiger partial charge < -0.3 is 5.11 Å². The normalized spacial score (nSPS) is 13.8. The summed E-state index contributed by atoms with van der Waals surface area (Å²) in [5.74, 6) is -0.695. The van der Waals surface area contributed by atoms with Gasteiger partial charge in [0, 0.05) is 5.92 Å². The molecule has 144 valence electrons. The first-order chi connectivity index (χ1) is 12.8. The highest BCUT2D eigenvalue weighted by Crippen LogP contribution is 2.31. The van der Waals surface area contributed by atoms with E-state index in [1.54, 1.807) is 61.5 Å². The number of hydrogen-bond donors (Lipinski definition) is 1. The monoisotopic (exact) mass is 386 g/mol. The maximum Gasteiger partial charge on any atom is 0.206 e. The van der Waals surface area contributed by atoms with Crippen LogP contribution in [0.3, 0.4) is 0 Å². The van der Waals surface area contributed by atoms with E-state index in [-0.39, 0.29) is 15.6 Å². The average Bonchev–Trinajstić information content (AvgIpc) is 2.68. The first-order valence-corrected chi connectivity index (χ1v) is 10.5. The number of benzene rings is 2. The second-order valence-corrected chi connectivity index (χ2v) is 8.58. The van der Waals surface area contributed by atoms with E-state index >= 15 is 0 Å². The van der Waals surface area contributed by atoms with Crippen molar-refractivity contribution in [2.75, 3.05) is 6.61 Å². The van der Waals surface area contributed by atoms with Crippen LogP contribution in [-0.2, 0) is 14.6 Å². The molecule has 2 aromatic carbocycles. The summed E-state index contributed by atoms with van der Waals surface area (Å²) in [4.78, 5) is 12.5. The number of ketones is 1. The van der Waals surface area contributed by atoms with Crippen molar-refractivity contribution in [2.24, 2.45) is 5.92 Å². The van der Waals surface area contributed by atoms with Crippen molar-refractivity contribution >= 4 is 21.2 Å². The van der Waals surface area contributed by atoms with Gasteiger partial charge in [-0.25, -0.2) is 8.42 Å². The molecule has 2 aromatic rings. The Morgan fingerprint density at radius 3 is 2.07 bits per heavy atom. The fourth-order valence-electron chi connectivity index (χ4n) is 3.22. The molecule has 0 saturated carbocycles. The minimum absolute atomic E-state index is 0.214. The molecule has 0 aliphatic rings. The number of carbonyl (C=O) groups is 1. The van der Waals surface area contributed by atoms with Crippen LogP contribution in [0.5, 0.6) is 0 Å². The third-order valence-corrected chi connectivity index (χ3v) is 6.47. The molecule has 0 amide bonds. The Kier molecular flexibility index (Phi) is 7.11. The van der Waals surface area contributed by atoms with Crippen molar-refractivity contribution in [1.82, 2.24) is 0 Å². The van der Waals surface area contributed by atoms with E-state index in [4.69, 9.17) is 0 Å². The van der Waals surface area contributed by atoms with Crippen LogP contribution in [-0.4, -0.2) is 25.9 Å². The molecule has 0 aliphatic heterocycles. The fourth-order valence-corrected chi connectivity index (χ4v) is 4.50. The van der Waals surface area contributed by atoms with E-state index < -0.39 is 22.4 Å². The summed E-state index contributed by atoms with van der Waals surface area (Å²) in [5, 5.41) is 9.24. The summed E-state index contributed by atoms with van der Waals surface area (Å²) in [6, 6.07) is 14.9. The van der Waals surface area contributed by atoms with Gasteiger partial charge in [-0.05, 0) is 48.7 Å². The van der Waals surface area contributed by atoms with E-state index in [0.29, 0.717) is 0 Å². The van der Waals surface area contributed by atoms with Crippen LogP contribution in [0.2, 0.25) is 0 Å². The van der Waals surface area contributed by atoms with Crippen LogP contribution in [0.15, 0.2) is 70.0 Å². The molecule has 0 spiro atoms. The summed E-state index contributed by atoms with van der Waals surface area (Å²) in [7, 11) is -3.58. The van der Waals surface area contributed by atoms with Crippen molar-refractivity contribution in [3.63, 3.8) is 0 Å². The maximum atomic E-state index is 12.7. The van der Waals surface area contributed by atoms with Crippen molar-refractivity contribution in [2.45, 2.75) is 43.4 Å². The zero-order valence-electron chi connectivity index (χ0n) is 16.0. The molecule has 0 aliphatic carbocycles. The molecular formula is C22H26O4S. The number of sulfone groups is 1. The van der Waals surface area contributed by atoms with Gasteiger partial charge >= 0.3 is 0 Å². The first kappa shape index (κ1) is 21.1. The van der Waals surface area contributed by atoms with Crippen molar-refractivity contribution < 1.29 is 18.3 Å². The van der Waals surface area contributed by atoms with Crippen molar-refractivity contribution in [3.05, 3.63) is 65.7 Å². The van der Waals surface area contributed by atoms with E-state index in [2.05, 4.69) is 6.92 Å². The molecular weight excluding hydrogens is 360 g/mol. The number of hydrogen-bond acceptors (Lipinski definition) is 4. The van der Waals surface area contributed by atoms with E-state index in [1.165, 1.54) is 0 Å². The summed E-state index contributed by atoms with van der Waals surface area (Å²) in [5.41, 5.74) is 2.74. The Morgan fingerprint density at radius 1 is 1.00 bits per heavy atom. The molecule has 0 bridgehead atoms. The van der Waals surface area contributed by atoms with Crippen molar-refractivity contribution in [1.29, 1.82) is 0 Å². The zero-order valence-corrected chi connectivity index (χ0v) is 16.8. The SMILES string of the molecule is CCC/C(C)=C(\c1ccc(S(=O)(=O)c2ccccc2)cc1)[C@H](C)C(=O)CO. The third-order valence-electron chi connectivity index (χ3n) is 4.69. The molecule has 5 heteroatoms. The van der Waals surface area contributed by atoms with Gasteiger partial charge in [0.1, 0.15) is 6.61 Å². The third kappa shape index (κ3) is 4.73. The minimum atomic E-state index is -3.58.